The third-order valence-electron chi connectivity index (χ3n) is 3.49. The fraction of sp³-hybridized carbons (Fsp3) is 0.571. The van der Waals surface area contributed by atoms with E-state index in [0.717, 1.165) is 31.8 Å². The maximum atomic E-state index is 13.2. The topological polar surface area (TPSA) is 0 Å². The summed E-state index contributed by atoms with van der Waals surface area (Å²) >= 11 is 0. The van der Waals surface area contributed by atoms with Crippen molar-refractivity contribution in [3.05, 3.63) is 34.4 Å². The molecule has 0 spiro atoms. The van der Waals surface area contributed by atoms with Crippen LogP contribution in [0.5, 0.6) is 0 Å². The molecule has 0 aromatic carbocycles. The van der Waals surface area contributed by atoms with Crippen molar-refractivity contribution in [3.8, 4) is 0 Å². The van der Waals surface area contributed by atoms with Gasteiger partial charge in [-0.05, 0) is 56.8 Å². The third-order valence-corrected chi connectivity index (χ3v) is 3.49. The SMILES string of the molecule is C=C(/C(C)=C(/C)C1=C(C)CCC1)C(C)(F)F. The van der Waals surface area contributed by atoms with Gasteiger partial charge in [0.25, 0.3) is 5.92 Å². The lowest BCUT2D eigenvalue weighted by Gasteiger charge is -2.18. The second-order valence-corrected chi connectivity index (χ2v) is 4.73. The molecule has 0 N–H and O–H groups in total. The molecule has 1 rings (SSSR count). The van der Waals surface area contributed by atoms with Crippen molar-refractivity contribution in [3.63, 3.8) is 0 Å². The van der Waals surface area contributed by atoms with E-state index in [0.29, 0.717) is 5.57 Å². The highest BCUT2D eigenvalue weighted by Gasteiger charge is 2.28. The van der Waals surface area contributed by atoms with E-state index in [2.05, 4.69) is 13.5 Å². The highest BCUT2D eigenvalue weighted by Crippen LogP contribution is 2.36. The van der Waals surface area contributed by atoms with E-state index in [1.54, 1.807) is 6.92 Å². The van der Waals surface area contributed by atoms with Gasteiger partial charge in [-0.3, -0.25) is 0 Å². The van der Waals surface area contributed by atoms with E-state index in [-0.39, 0.29) is 5.57 Å². The Kier molecular flexibility index (Phi) is 3.72. The number of halogens is 2. The predicted octanol–water partition coefficient (Wildman–Crippen LogP) is 5.03. The van der Waals surface area contributed by atoms with E-state index in [9.17, 15) is 8.78 Å². The van der Waals surface area contributed by atoms with Crippen LogP contribution in [0.3, 0.4) is 0 Å². The fourth-order valence-electron chi connectivity index (χ4n) is 2.18. The van der Waals surface area contributed by atoms with Crippen LogP contribution in [0.25, 0.3) is 0 Å². The smallest absolute Gasteiger partial charge is 0.202 e. The van der Waals surface area contributed by atoms with Crippen molar-refractivity contribution in [1.29, 1.82) is 0 Å². The fourth-order valence-corrected chi connectivity index (χ4v) is 2.18. The third kappa shape index (κ3) is 2.60. The summed E-state index contributed by atoms with van der Waals surface area (Å²) in [6.07, 6.45) is 3.24. The van der Waals surface area contributed by atoms with Gasteiger partial charge in [-0.25, -0.2) is 8.78 Å². The predicted molar refractivity (Wildman–Crippen MR) is 64.7 cm³/mol. The lowest BCUT2D eigenvalue weighted by atomic mass is 9.93. The van der Waals surface area contributed by atoms with Crippen molar-refractivity contribution in [2.45, 2.75) is 52.9 Å². The number of hydrogen-bond donors (Lipinski definition) is 0. The molecule has 0 atom stereocenters. The molecule has 0 saturated heterocycles. The van der Waals surface area contributed by atoms with Crippen LogP contribution >= 0.6 is 0 Å². The molecule has 0 aliphatic heterocycles. The number of alkyl halides is 2. The number of allylic oxidation sites excluding steroid dienone is 5. The largest absolute Gasteiger partial charge is 0.270 e. The summed E-state index contributed by atoms with van der Waals surface area (Å²) in [6.45, 7) is 10.2. The minimum Gasteiger partial charge on any atom is -0.202 e. The van der Waals surface area contributed by atoms with Gasteiger partial charge in [0.15, 0.2) is 0 Å². The first kappa shape index (κ1) is 13.1. The molecule has 0 heterocycles. The van der Waals surface area contributed by atoms with Crippen molar-refractivity contribution in [1.82, 2.24) is 0 Å². The molecule has 16 heavy (non-hydrogen) atoms. The van der Waals surface area contributed by atoms with Crippen molar-refractivity contribution < 1.29 is 8.78 Å². The Balaban J connectivity index is 3.06. The molecule has 0 aromatic rings. The Morgan fingerprint density at radius 1 is 1.25 bits per heavy atom. The molecular weight excluding hydrogens is 206 g/mol. The van der Waals surface area contributed by atoms with Gasteiger partial charge in [0.1, 0.15) is 0 Å². The summed E-state index contributed by atoms with van der Waals surface area (Å²) in [5.74, 6) is -2.82. The van der Waals surface area contributed by atoms with E-state index in [1.165, 1.54) is 11.1 Å². The first-order valence-electron chi connectivity index (χ1n) is 5.69. The average Bonchev–Trinajstić information content (AvgIpc) is 2.59. The molecule has 0 saturated carbocycles. The zero-order valence-electron chi connectivity index (χ0n) is 10.6. The molecular formula is C14H20F2. The zero-order chi connectivity index (χ0) is 12.5. The normalized spacial score (nSPS) is 18.9. The Morgan fingerprint density at radius 2 is 1.81 bits per heavy atom. The summed E-state index contributed by atoms with van der Waals surface area (Å²) in [5, 5.41) is 0. The lowest BCUT2D eigenvalue weighted by Crippen LogP contribution is -2.14. The van der Waals surface area contributed by atoms with Gasteiger partial charge >= 0.3 is 0 Å². The molecule has 1 aliphatic rings. The second kappa shape index (κ2) is 4.52. The Bertz CT molecular complexity index is 365. The van der Waals surface area contributed by atoms with Crippen LogP contribution in [0.4, 0.5) is 8.78 Å². The highest BCUT2D eigenvalue weighted by molar-refractivity contribution is 5.46. The Labute approximate surface area is 96.7 Å². The first-order chi connectivity index (χ1) is 7.25. The molecule has 0 amide bonds. The van der Waals surface area contributed by atoms with Crippen LogP contribution in [-0.2, 0) is 0 Å². The average molecular weight is 226 g/mol. The van der Waals surface area contributed by atoms with Crippen LogP contribution in [0.1, 0.15) is 47.0 Å². The summed E-state index contributed by atoms with van der Waals surface area (Å²) in [4.78, 5) is 0. The quantitative estimate of drug-likeness (QED) is 0.592. The molecule has 0 unspecified atom stereocenters. The molecule has 0 aromatic heterocycles. The molecule has 2 heteroatoms. The molecule has 90 valence electrons. The van der Waals surface area contributed by atoms with Crippen LogP contribution in [0.2, 0.25) is 0 Å². The van der Waals surface area contributed by atoms with Gasteiger partial charge in [-0.1, -0.05) is 12.2 Å². The maximum absolute atomic E-state index is 13.2. The van der Waals surface area contributed by atoms with Gasteiger partial charge in [0, 0.05) is 12.5 Å². The van der Waals surface area contributed by atoms with Gasteiger partial charge in [-0.15, -0.1) is 0 Å². The van der Waals surface area contributed by atoms with Crippen molar-refractivity contribution in [2.75, 3.05) is 0 Å². The molecule has 0 nitrogen and oxygen atoms in total. The second-order valence-electron chi connectivity index (χ2n) is 4.73. The summed E-state index contributed by atoms with van der Waals surface area (Å²) in [6, 6.07) is 0. The minimum absolute atomic E-state index is 0.0581. The van der Waals surface area contributed by atoms with E-state index < -0.39 is 5.92 Å². The molecule has 0 radical (unpaired) electrons. The molecule has 1 aliphatic carbocycles. The van der Waals surface area contributed by atoms with Gasteiger partial charge in [0.2, 0.25) is 0 Å². The molecule has 0 fully saturated rings. The van der Waals surface area contributed by atoms with E-state index in [4.69, 9.17) is 0 Å². The number of rotatable bonds is 3. The monoisotopic (exact) mass is 226 g/mol. The van der Waals surface area contributed by atoms with Gasteiger partial charge in [-0.2, -0.15) is 0 Å². The van der Waals surface area contributed by atoms with Crippen LogP contribution in [0, 0.1) is 0 Å². The lowest BCUT2D eigenvalue weighted by molar-refractivity contribution is 0.0664. The Hall–Kier alpha value is -0.920. The van der Waals surface area contributed by atoms with Crippen LogP contribution in [-0.4, -0.2) is 5.92 Å². The van der Waals surface area contributed by atoms with E-state index in [1.807, 2.05) is 6.92 Å². The van der Waals surface area contributed by atoms with Gasteiger partial charge < -0.3 is 0 Å². The molecule has 0 bridgehead atoms. The standard InChI is InChI=1S/C14H20F2/c1-9-7-6-8-13(9)11(3)10(2)12(4)14(5,15)16/h4,6-8H2,1-3,5H3/b11-10-. The van der Waals surface area contributed by atoms with Crippen molar-refractivity contribution in [2.24, 2.45) is 0 Å². The summed E-state index contributed by atoms with van der Waals surface area (Å²) in [5.41, 5.74) is 4.16. The maximum Gasteiger partial charge on any atom is 0.270 e. The highest BCUT2D eigenvalue weighted by atomic mass is 19.3. The summed E-state index contributed by atoms with van der Waals surface area (Å²) in [7, 11) is 0. The van der Waals surface area contributed by atoms with Crippen LogP contribution in [0.15, 0.2) is 34.4 Å². The van der Waals surface area contributed by atoms with Gasteiger partial charge in [0.05, 0.1) is 0 Å². The number of hydrogen-bond acceptors (Lipinski definition) is 0. The minimum atomic E-state index is -2.82. The zero-order valence-corrected chi connectivity index (χ0v) is 10.6. The summed E-state index contributed by atoms with van der Waals surface area (Å²) < 4.78 is 26.3. The van der Waals surface area contributed by atoms with Crippen molar-refractivity contribution >= 4 is 0 Å². The first-order valence-corrected chi connectivity index (χ1v) is 5.69. The Morgan fingerprint density at radius 3 is 2.19 bits per heavy atom. The van der Waals surface area contributed by atoms with Crippen LogP contribution < -0.4 is 0 Å². The van der Waals surface area contributed by atoms with E-state index >= 15 is 0 Å².